The Kier molecular flexibility index (Phi) is 3.99. The first-order chi connectivity index (χ1) is 13.0. The molecule has 0 fully saturated rings. The Labute approximate surface area is 154 Å². The highest BCUT2D eigenvalue weighted by molar-refractivity contribution is 5.98. The van der Waals surface area contributed by atoms with E-state index in [1.807, 2.05) is 31.2 Å². The number of pyridine rings is 1. The lowest BCUT2D eigenvalue weighted by atomic mass is 10.2. The molecule has 0 saturated carbocycles. The summed E-state index contributed by atoms with van der Waals surface area (Å²) in [5.41, 5.74) is 3.50. The van der Waals surface area contributed by atoms with Gasteiger partial charge in [-0.3, -0.25) is 9.36 Å². The van der Waals surface area contributed by atoms with E-state index in [0.29, 0.717) is 27.8 Å². The maximum absolute atomic E-state index is 13.0. The normalized spacial score (nSPS) is 11.2. The van der Waals surface area contributed by atoms with Gasteiger partial charge < -0.3 is 4.74 Å². The highest BCUT2D eigenvalue weighted by Gasteiger charge is 2.21. The molecule has 0 N–H and O–H groups in total. The van der Waals surface area contributed by atoms with Crippen LogP contribution < -0.4 is 5.56 Å². The largest absolute Gasteiger partial charge is 0.462 e. The average molecular weight is 362 g/mol. The molecular weight excluding hydrogens is 344 g/mol. The van der Waals surface area contributed by atoms with Crippen LogP contribution in [0.1, 0.15) is 28.5 Å². The van der Waals surface area contributed by atoms with Crippen LogP contribution >= 0.6 is 0 Å². The van der Waals surface area contributed by atoms with E-state index in [0.717, 1.165) is 11.3 Å². The lowest BCUT2D eigenvalue weighted by molar-refractivity contribution is 0.0527. The molecule has 0 unspecified atom stereocenters. The third-order valence-corrected chi connectivity index (χ3v) is 4.48. The molecule has 3 heterocycles. The molecule has 4 rings (SSSR count). The summed E-state index contributed by atoms with van der Waals surface area (Å²) in [7, 11) is 0. The SMILES string of the molecule is CCOC(=O)c1c(C)nn2c1ncc1c(=O)n(-c3ccc(C)cc3)ccc12. The van der Waals surface area contributed by atoms with Gasteiger partial charge in [-0.05, 0) is 39.0 Å². The number of hydrogen-bond donors (Lipinski definition) is 0. The zero-order chi connectivity index (χ0) is 19.1. The van der Waals surface area contributed by atoms with E-state index in [-0.39, 0.29) is 12.2 Å². The molecular formula is C20H18N4O3. The molecule has 7 heteroatoms. The summed E-state index contributed by atoms with van der Waals surface area (Å²) >= 11 is 0. The first kappa shape index (κ1) is 17.0. The monoisotopic (exact) mass is 362 g/mol. The van der Waals surface area contributed by atoms with Gasteiger partial charge in [-0.15, -0.1) is 0 Å². The molecule has 0 saturated heterocycles. The van der Waals surface area contributed by atoms with Crippen molar-refractivity contribution < 1.29 is 9.53 Å². The van der Waals surface area contributed by atoms with E-state index in [9.17, 15) is 9.59 Å². The zero-order valence-electron chi connectivity index (χ0n) is 15.3. The molecule has 0 spiro atoms. The summed E-state index contributed by atoms with van der Waals surface area (Å²) < 4.78 is 8.19. The van der Waals surface area contributed by atoms with Crippen molar-refractivity contribution in [2.45, 2.75) is 20.8 Å². The molecule has 0 radical (unpaired) electrons. The average Bonchev–Trinajstić information content (AvgIpc) is 2.99. The number of carbonyl (C=O) groups is 1. The Balaban J connectivity index is 1.95. The lowest BCUT2D eigenvalue weighted by Crippen LogP contribution is -2.19. The Morgan fingerprint density at radius 2 is 1.89 bits per heavy atom. The molecule has 136 valence electrons. The van der Waals surface area contributed by atoms with Gasteiger partial charge in [0.1, 0.15) is 5.56 Å². The maximum atomic E-state index is 13.0. The van der Waals surface area contributed by atoms with E-state index < -0.39 is 5.97 Å². The fraction of sp³-hybridized carbons (Fsp3) is 0.200. The minimum atomic E-state index is -0.468. The topological polar surface area (TPSA) is 78.5 Å². The third kappa shape index (κ3) is 2.68. The Morgan fingerprint density at radius 1 is 1.15 bits per heavy atom. The molecule has 7 nitrogen and oxygen atoms in total. The Morgan fingerprint density at radius 3 is 2.59 bits per heavy atom. The van der Waals surface area contributed by atoms with E-state index in [1.165, 1.54) is 10.7 Å². The number of benzene rings is 1. The van der Waals surface area contributed by atoms with Gasteiger partial charge in [0.15, 0.2) is 5.65 Å². The van der Waals surface area contributed by atoms with Gasteiger partial charge in [-0.2, -0.15) is 5.10 Å². The number of esters is 1. The van der Waals surface area contributed by atoms with Crippen LogP contribution in [0.2, 0.25) is 0 Å². The van der Waals surface area contributed by atoms with Crippen LogP contribution in [0.15, 0.2) is 47.5 Å². The van der Waals surface area contributed by atoms with Crippen molar-refractivity contribution >= 4 is 22.5 Å². The van der Waals surface area contributed by atoms with Crippen molar-refractivity contribution in [2.75, 3.05) is 6.61 Å². The fourth-order valence-corrected chi connectivity index (χ4v) is 3.13. The Bertz CT molecular complexity index is 1240. The van der Waals surface area contributed by atoms with Crippen LogP contribution in [0.25, 0.3) is 22.2 Å². The second-order valence-electron chi connectivity index (χ2n) is 6.30. The van der Waals surface area contributed by atoms with E-state index in [4.69, 9.17) is 4.74 Å². The number of rotatable bonds is 3. The van der Waals surface area contributed by atoms with Crippen molar-refractivity contribution in [1.29, 1.82) is 0 Å². The number of carbonyl (C=O) groups excluding carboxylic acids is 1. The molecule has 3 aromatic heterocycles. The van der Waals surface area contributed by atoms with Crippen LogP contribution in [0.3, 0.4) is 0 Å². The van der Waals surface area contributed by atoms with Gasteiger partial charge in [-0.25, -0.2) is 14.3 Å². The molecule has 0 amide bonds. The minimum Gasteiger partial charge on any atom is -0.462 e. The van der Waals surface area contributed by atoms with Gasteiger partial charge in [0.2, 0.25) is 0 Å². The predicted molar refractivity (Wildman–Crippen MR) is 102 cm³/mol. The second kappa shape index (κ2) is 6.35. The number of aryl methyl sites for hydroxylation is 2. The second-order valence-corrected chi connectivity index (χ2v) is 6.30. The highest BCUT2D eigenvalue weighted by Crippen LogP contribution is 2.19. The predicted octanol–water partition coefficient (Wildman–Crippen LogP) is 2.83. The highest BCUT2D eigenvalue weighted by atomic mass is 16.5. The van der Waals surface area contributed by atoms with Crippen molar-refractivity contribution in [3.05, 3.63) is 69.9 Å². The molecule has 0 aliphatic heterocycles. The lowest BCUT2D eigenvalue weighted by Gasteiger charge is -2.08. The summed E-state index contributed by atoms with van der Waals surface area (Å²) in [6, 6.07) is 9.50. The van der Waals surface area contributed by atoms with Gasteiger partial charge in [0.25, 0.3) is 5.56 Å². The molecule has 0 bridgehead atoms. The molecule has 0 atom stereocenters. The summed E-state index contributed by atoms with van der Waals surface area (Å²) in [5.74, 6) is -0.468. The number of nitrogens with zero attached hydrogens (tertiary/aromatic N) is 4. The van der Waals surface area contributed by atoms with Crippen LogP contribution in [0.5, 0.6) is 0 Å². The smallest absolute Gasteiger partial charge is 0.343 e. The third-order valence-electron chi connectivity index (χ3n) is 4.48. The molecule has 4 aromatic rings. The number of fused-ring (bicyclic) bond motifs is 3. The van der Waals surface area contributed by atoms with E-state index in [1.54, 1.807) is 30.7 Å². The first-order valence-electron chi connectivity index (χ1n) is 8.65. The van der Waals surface area contributed by atoms with E-state index in [2.05, 4.69) is 10.1 Å². The minimum absolute atomic E-state index is 0.198. The quantitative estimate of drug-likeness (QED) is 0.524. The molecule has 0 aliphatic rings. The fourth-order valence-electron chi connectivity index (χ4n) is 3.13. The van der Waals surface area contributed by atoms with Gasteiger partial charge in [-0.1, -0.05) is 17.7 Å². The molecule has 0 aliphatic carbocycles. The van der Waals surface area contributed by atoms with Gasteiger partial charge in [0, 0.05) is 18.1 Å². The van der Waals surface area contributed by atoms with E-state index >= 15 is 0 Å². The molecule has 1 aromatic carbocycles. The Hall–Kier alpha value is -3.48. The van der Waals surface area contributed by atoms with Crippen LogP contribution in [-0.4, -0.2) is 31.7 Å². The zero-order valence-corrected chi connectivity index (χ0v) is 15.3. The number of hydrogen-bond acceptors (Lipinski definition) is 5. The van der Waals surface area contributed by atoms with Crippen LogP contribution in [0, 0.1) is 13.8 Å². The maximum Gasteiger partial charge on any atom is 0.343 e. The van der Waals surface area contributed by atoms with Crippen LogP contribution in [0.4, 0.5) is 0 Å². The van der Waals surface area contributed by atoms with Crippen LogP contribution in [-0.2, 0) is 4.74 Å². The summed E-state index contributed by atoms with van der Waals surface area (Å²) in [6.07, 6.45) is 3.19. The van der Waals surface area contributed by atoms with Gasteiger partial charge >= 0.3 is 5.97 Å². The van der Waals surface area contributed by atoms with Crippen molar-refractivity contribution in [3.8, 4) is 5.69 Å². The summed E-state index contributed by atoms with van der Waals surface area (Å²) in [6.45, 7) is 5.73. The van der Waals surface area contributed by atoms with Crippen molar-refractivity contribution in [1.82, 2.24) is 19.2 Å². The number of ether oxygens (including phenoxy) is 1. The van der Waals surface area contributed by atoms with Gasteiger partial charge in [0.05, 0.1) is 23.2 Å². The standard InChI is InChI=1S/C20H18N4O3/c1-4-27-20(26)17-13(3)22-24-16-9-10-23(14-7-5-12(2)6-8-14)19(25)15(16)11-21-18(17)24/h5-11H,4H2,1-3H3. The molecule has 27 heavy (non-hydrogen) atoms. The van der Waals surface area contributed by atoms with Crippen molar-refractivity contribution in [2.24, 2.45) is 0 Å². The summed E-state index contributed by atoms with van der Waals surface area (Å²) in [4.78, 5) is 29.5. The van der Waals surface area contributed by atoms with Crippen molar-refractivity contribution in [3.63, 3.8) is 0 Å². The summed E-state index contributed by atoms with van der Waals surface area (Å²) in [5, 5.41) is 4.82. The number of aromatic nitrogens is 4. The first-order valence-corrected chi connectivity index (χ1v) is 8.65.